The Bertz CT molecular complexity index is 454. The van der Waals surface area contributed by atoms with Gasteiger partial charge in [-0.05, 0) is 36.0 Å². The number of hydrogen-bond acceptors (Lipinski definition) is 3. The molecule has 0 amide bonds. The van der Waals surface area contributed by atoms with E-state index in [1.165, 1.54) is 16.7 Å². The van der Waals surface area contributed by atoms with Crippen LogP contribution in [0.2, 0.25) is 0 Å². The van der Waals surface area contributed by atoms with E-state index < -0.39 is 0 Å². The summed E-state index contributed by atoms with van der Waals surface area (Å²) in [6, 6.07) is 7.02. The first kappa shape index (κ1) is 14.1. The molecule has 0 radical (unpaired) electrons. The molecular formula is C17H26N2O. The summed E-state index contributed by atoms with van der Waals surface area (Å²) in [5.74, 6) is 0. The first-order chi connectivity index (χ1) is 9.79. The molecule has 1 aromatic carbocycles. The number of hydrogen-bond donors (Lipinski definition) is 2. The molecule has 2 unspecified atom stereocenters. The van der Waals surface area contributed by atoms with Gasteiger partial charge in [-0.3, -0.25) is 4.90 Å². The van der Waals surface area contributed by atoms with Gasteiger partial charge in [0, 0.05) is 32.2 Å². The number of nitrogens with zero attached hydrogens (tertiary/aromatic N) is 1. The van der Waals surface area contributed by atoms with Crippen LogP contribution in [0.1, 0.15) is 42.6 Å². The van der Waals surface area contributed by atoms with E-state index in [1.807, 2.05) is 0 Å². The highest BCUT2D eigenvalue weighted by molar-refractivity contribution is 5.36. The highest BCUT2D eigenvalue weighted by Crippen LogP contribution is 2.34. The molecule has 1 aromatic rings. The molecule has 1 fully saturated rings. The lowest BCUT2D eigenvalue weighted by molar-refractivity contribution is 0.0297. The largest absolute Gasteiger partial charge is 0.387 e. The Kier molecular flexibility index (Phi) is 4.39. The van der Waals surface area contributed by atoms with Gasteiger partial charge < -0.3 is 10.4 Å². The van der Waals surface area contributed by atoms with Crippen LogP contribution in [0.15, 0.2) is 18.2 Å². The second-order valence-corrected chi connectivity index (χ2v) is 6.12. The predicted octanol–water partition coefficient (Wildman–Crippen LogP) is 1.89. The van der Waals surface area contributed by atoms with Gasteiger partial charge >= 0.3 is 0 Å². The Morgan fingerprint density at radius 1 is 1.30 bits per heavy atom. The Labute approximate surface area is 122 Å². The molecule has 2 aliphatic rings. The third-order valence-corrected chi connectivity index (χ3v) is 4.76. The van der Waals surface area contributed by atoms with Crippen molar-refractivity contribution >= 4 is 0 Å². The van der Waals surface area contributed by atoms with Crippen LogP contribution in [0, 0.1) is 0 Å². The molecule has 3 heteroatoms. The summed E-state index contributed by atoms with van der Waals surface area (Å²) in [4.78, 5) is 2.47. The average Bonchev–Trinajstić information content (AvgIpc) is 2.49. The molecule has 2 atom stereocenters. The predicted molar refractivity (Wildman–Crippen MR) is 81.9 cm³/mol. The van der Waals surface area contributed by atoms with Crippen molar-refractivity contribution in [3.8, 4) is 0 Å². The van der Waals surface area contributed by atoms with Crippen molar-refractivity contribution < 1.29 is 5.11 Å². The molecule has 1 saturated heterocycles. The molecule has 0 bridgehead atoms. The summed E-state index contributed by atoms with van der Waals surface area (Å²) in [6.45, 7) is 6.43. The van der Waals surface area contributed by atoms with Crippen LogP contribution in [0.3, 0.4) is 0 Å². The van der Waals surface area contributed by atoms with Gasteiger partial charge in [-0.1, -0.05) is 31.5 Å². The van der Waals surface area contributed by atoms with Crippen LogP contribution in [0.4, 0.5) is 0 Å². The monoisotopic (exact) mass is 274 g/mol. The van der Waals surface area contributed by atoms with Crippen LogP contribution >= 0.6 is 0 Å². The highest BCUT2D eigenvalue weighted by Gasteiger charge is 2.32. The van der Waals surface area contributed by atoms with Gasteiger partial charge in [0.25, 0.3) is 0 Å². The van der Waals surface area contributed by atoms with Crippen molar-refractivity contribution in [2.75, 3.05) is 26.2 Å². The van der Waals surface area contributed by atoms with Gasteiger partial charge in [-0.25, -0.2) is 0 Å². The summed E-state index contributed by atoms with van der Waals surface area (Å²) in [6.07, 6.45) is 4.15. The SMILES string of the molecule is CCCc1ccc2c(c1)C(O)C(N1CCNCC1)CC2. The van der Waals surface area contributed by atoms with Gasteiger partial charge in [-0.2, -0.15) is 0 Å². The van der Waals surface area contributed by atoms with Crippen molar-refractivity contribution in [1.29, 1.82) is 0 Å². The van der Waals surface area contributed by atoms with Crippen LogP contribution in [-0.2, 0) is 12.8 Å². The standard InChI is InChI=1S/C17H26N2O/c1-2-3-13-4-5-14-6-7-16(17(20)15(14)12-13)19-10-8-18-9-11-19/h4-5,12,16-18,20H,2-3,6-11H2,1H3. The molecule has 110 valence electrons. The average molecular weight is 274 g/mol. The summed E-state index contributed by atoms with van der Waals surface area (Å²) < 4.78 is 0. The van der Waals surface area contributed by atoms with Gasteiger partial charge in [0.15, 0.2) is 0 Å². The summed E-state index contributed by atoms with van der Waals surface area (Å²) >= 11 is 0. The number of aryl methyl sites for hydroxylation is 2. The molecule has 1 aliphatic heterocycles. The van der Waals surface area contributed by atoms with Crippen molar-refractivity contribution in [1.82, 2.24) is 10.2 Å². The Hall–Kier alpha value is -0.900. The van der Waals surface area contributed by atoms with E-state index in [0.717, 1.165) is 51.9 Å². The number of fused-ring (bicyclic) bond motifs is 1. The molecule has 1 aliphatic carbocycles. The molecule has 0 saturated carbocycles. The second-order valence-electron chi connectivity index (χ2n) is 6.12. The van der Waals surface area contributed by atoms with Gasteiger partial charge in [0.2, 0.25) is 0 Å². The van der Waals surface area contributed by atoms with Gasteiger partial charge in [0.1, 0.15) is 0 Å². The molecule has 2 N–H and O–H groups in total. The van der Waals surface area contributed by atoms with E-state index >= 15 is 0 Å². The smallest absolute Gasteiger partial charge is 0.0948 e. The van der Waals surface area contributed by atoms with Gasteiger partial charge in [-0.15, -0.1) is 0 Å². The Balaban J connectivity index is 1.80. The fourth-order valence-corrected chi connectivity index (χ4v) is 3.66. The summed E-state index contributed by atoms with van der Waals surface area (Å²) in [5, 5.41) is 14.2. The molecule has 20 heavy (non-hydrogen) atoms. The topological polar surface area (TPSA) is 35.5 Å². The van der Waals surface area contributed by atoms with Crippen LogP contribution in [0.25, 0.3) is 0 Å². The molecule has 3 nitrogen and oxygen atoms in total. The summed E-state index contributed by atoms with van der Waals surface area (Å²) in [5.41, 5.74) is 3.90. The molecule has 3 rings (SSSR count). The zero-order valence-corrected chi connectivity index (χ0v) is 12.4. The zero-order chi connectivity index (χ0) is 13.9. The van der Waals surface area contributed by atoms with E-state index in [9.17, 15) is 5.11 Å². The van der Waals surface area contributed by atoms with Gasteiger partial charge in [0.05, 0.1) is 6.10 Å². The Morgan fingerprint density at radius 2 is 2.10 bits per heavy atom. The molecule has 1 heterocycles. The summed E-state index contributed by atoms with van der Waals surface area (Å²) in [7, 11) is 0. The van der Waals surface area contributed by atoms with Crippen LogP contribution in [0.5, 0.6) is 0 Å². The maximum atomic E-state index is 10.8. The zero-order valence-electron chi connectivity index (χ0n) is 12.4. The number of benzene rings is 1. The molecule has 0 aromatic heterocycles. The highest BCUT2D eigenvalue weighted by atomic mass is 16.3. The minimum atomic E-state index is -0.311. The van der Waals surface area contributed by atoms with Crippen molar-refractivity contribution in [2.24, 2.45) is 0 Å². The Morgan fingerprint density at radius 3 is 2.85 bits per heavy atom. The number of piperazine rings is 1. The quantitative estimate of drug-likeness (QED) is 0.883. The lowest BCUT2D eigenvalue weighted by Crippen LogP contribution is -2.51. The van der Waals surface area contributed by atoms with E-state index in [1.54, 1.807) is 0 Å². The van der Waals surface area contributed by atoms with E-state index in [0.29, 0.717) is 6.04 Å². The maximum Gasteiger partial charge on any atom is 0.0948 e. The van der Waals surface area contributed by atoms with Crippen LogP contribution < -0.4 is 5.32 Å². The number of rotatable bonds is 3. The lowest BCUT2D eigenvalue weighted by atomic mass is 9.83. The lowest BCUT2D eigenvalue weighted by Gasteiger charge is -2.40. The fourth-order valence-electron chi connectivity index (χ4n) is 3.66. The van der Waals surface area contributed by atoms with Crippen LogP contribution in [-0.4, -0.2) is 42.2 Å². The molecular weight excluding hydrogens is 248 g/mol. The normalized spacial score (nSPS) is 27.3. The van der Waals surface area contributed by atoms with E-state index in [2.05, 4.69) is 35.3 Å². The number of aliphatic hydroxyl groups is 1. The van der Waals surface area contributed by atoms with E-state index in [-0.39, 0.29) is 6.10 Å². The second kappa shape index (κ2) is 6.25. The minimum Gasteiger partial charge on any atom is -0.387 e. The number of nitrogens with one attached hydrogen (secondary N) is 1. The maximum absolute atomic E-state index is 10.8. The third kappa shape index (κ3) is 2.76. The molecule has 0 spiro atoms. The van der Waals surface area contributed by atoms with Crippen molar-refractivity contribution in [2.45, 2.75) is 44.8 Å². The fraction of sp³-hybridized carbons (Fsp3) is 0.647. The first-order valence-electron chi connectivity index (χ1n) is 8.04. The van der Waals surface area contributed by atoms with Crippen molar-refractivity contribution in [3.63, 3.8) is 0 Å². The van der Waals surface area contributed by atoms with E-state index in [4.69, 9.17) is 0 Å². The minimum absolute atomic E-state index is 0.307. The van der Waals surface area contributed by atoms with Crippen molar-refractivity contribution in [3.05, 3.63) is 34.9 Å². The number of aliphatic hydroxyl groups excluding tert-OH is 1. The third-order valence-electron chi connectivity index (χ3n) is 4.76. The first-order valence-corrected chi connectivity index (χ1v) is 8.04.